The van der Waals surface area contributed by atoms with Gasteiger partial charge in [-0.15, -0.1) is 0 Å². The van der Waals surface area contributed by atoms with Gasteiger partial charge >= 0.3 is 5.69 Å². The van der Waals surface area contributed by atoms with E-state index in [1.807, 2.05) is 6.92 Å². The van der Waals surface area contributed by atoms with Gasteiger partial charge in [0.05, 0.1) is 32.9 Å². The maximum Gasteiger partial charge on any atom is 0.334 e. The number of nitrogens with zero attached hydrogens (tertiary/aromatic N) is 4. The molecular formula is C31H26FN4O7-. The third kappa shape index (κ3) is 6.22. The second-order valence-corrected chi connectivity index (χ2v) is 9.51. The molecule has 5 aromatic rings. The van der Waals surface area contributed by atoms with E-state index in [4.69, 9.17) is 9.47 Å². The van der Waals surface area contributed by atoms with Crippen molar-refractivity contribution < 1.29 is 28.3 Å². The molecule has 0 bridgehead atoms. The molecule has 2 heterocycles. The predicted molar refractivity (Wildman–Crippen MR) is 152 cm³/mol. The van der Waals surface area contributed by atoms with Crippen molar-refractivity contribution in [2.75, 3.05) is 13.7 Å². The van der Waals surface area contributed by atoms with Gasteiger partial charge in [-0.3, -0.25) is 18.7 Å². The zero-order valence-corrected chi connectivity index (χ0v) is 23.3. The number of carbonyl (C=O) groups is 1. The molecule has 11 nitrogen and oxygen atoms in total. The van der Waals surface area contributed by atoms with Gasteiger partial charge in [0.15, 0.2) is 17.7 Å². The maximum atomic E-state index is 15.6. The first kappa shape index (κ1) is 29.0. The summed E-state index contributed by atoms with van der Waals surface area (Å²) in [6, 6.07) is 18.7. The molecule has 5 rings (SSSR count). The first-order valence-electron chi connectivity index (χ1n) is 13.3. The van der Waals surface area contributed by atoms with Crippen LogP contribution in [0, 0.1) is 5.82 Å². The van der Waals surface area contributed by atoms with Gasteiger partial charge < -0.3 is 19.1 Å². The Morgan fingerprint density at radius 1 is 1.00 bits per heavy atom. The molecule has 0 unspecified atom stereocenters. The number of hydrogen-bond acceptors (Lipinski definition) is 9. The van der Waals surface area contributed by atoms with Gasteiger partial charge in [0.25, 0.3) is 5.56 Å². The van der Waals surface area contributed by atoms with E-state index in [0.29, 0.717) is 34.4 Å². The van der Waals surface area contributed by atoms with Gasteiger partial charge in [-0.05, 0) is 47.9 Å². The number of benzene rings is 3. The topological polar surface area (TPSA) is 142 Å². The van der Waals surface area contributed by atoms with Crippen LogP contribution in [0.15, 0.2) is 86.9 Å². The van der Waals surface area contributed by atoms with Crippen molar-refractivity contribution in [3.8, 4) is 40.2 Å². The van der Waals surface area contributed by atoms with Crippen molar-refractivity contribution in [2.24, 2.45) is 0 Å². The van der Waals surface area contributed by atoms with E-state index in [1.165, 1.54) is 31.4 Å². The fourth-order valence-electron chi connectivity index (χ4n) is 4.49. The SMILES string of the molecule is CCCOc1cc(=O)n(CC(=O)c2ccc(OC)cc2)c(=O)n1Cc1ccc(-c2ccccc2-c2noc([O-])n2)cc1F. The van der Waals surface area contributed by atoms with Crippen LogP contribution >= 0.6 is 0 Å². The number of halogens is 1. The quantitative estimate of drug-likeness (QED) is 0.212. The summed E-state index contributed by atoms with van der Waals surface area (Å²) in [5.74, 6) is -0.512. The Balaban J connectivity index is 1.49. The number of aromatic nitrogens is 4. The van der Waals surface area contributed by atoms with E-state index in [1.54, 1.807) is 42.5 Å². The summed E-state index contributed by atoms with van der Waals surface area (Å²) in [6.45, 7) is 1.29. The molecule has 0 amide bonds. The smallest absolute Gasteiger partial charge is 0.334 e. The zero-order valence-electron chi connectivity index (χ0n) is 23.3. The molecule has 3 aromatic carbocycles. The zero-order chi connectivity index (χ0) is 30.5. The normalized spacial score (nSPS) is 11.0. The molecule has 220 valence electrons. The average Bonchev–Trinajstić information content (AvgIpc) is 3.46. The average molecular weight is 586 g/mol. The summed E-state index contributed by atoms with van der Waals surface area (Å²) < 4.78 is 32.8. The predicted octanol–water partition coefficient (Wildman–Crippen LogP) is 3.67. The monoisotopic (exact) mass is 585 g/mol. The molecule has 0 aliphatic carbocycles. The minimum absolute atomic E-state index is 0.0376. The molecular weight excluding hydrogens is 559 g/mol. The fraction of sp³-hybridized carbons (Fsp3) is 0.194. The molecule has 0 saturated heterocycles. The van der Waals surface area contributed by atoms with E-state index in [0.717, 1.165) is 15.2 Å². The summed E-state index contributed by atoms with van der Waals surface area (Å²) in [5, 5.41) is 15.1. The standard InChI is InChI=1S/C31H27FN4O7/c1-3-14-42-28-16-27(38)35(18-26(37)19-10-12-22(41-2)13-11-19)31(40)36(28)17-21-9-8-20(15-25(21)32)23-6-4-5-7-24(23)29-33-30(39)43-34-29/h4-13,15-16H,3,14,17-18H2,1-2H3,(H,33,34,39)/p-1. The van der Waals surface area contributed by atoms with Crippen LogP contribution in [-0.4, -0.2) is 38.8 Å². The second-order valence-electron chi connectivity index (χ2n) is 9.51. The van der Waals surface area contributed by atoms with E-state index in [9.17, 15) is 19.5 Å². The highest BCUT2D eigenvalue weighted by molar-refractivity contribution is 5.96. The number of ether oxygens (including phenoxy) is 2. The number of methoxy groups -OCH3 is 1. The number of ketones is 1. The molecule has 0 fully saturated rings. The molecule has 0 N–H and O–H groups in total. The minimum atomic E-state index is -0.843. The molecule has 12 heteroatoms. The molecule has 43 heavy (non-hydrogen) atoms. The van der Waals surface area contributed by atoms with Crippen LogP contribution in [0.4, 0.5) is 4.39 Å². The van der Waals surface area contributed by atoms with E-state index < -0.39 is 35.5 Å². The molecule has 2 aromatic heterocycles. The molecule has 0 atom stereocenters. The van der Waals surface area contributed by atoms with Crippen molar-refractivity contribution in [1.29, 1.82) is 0 Å². The van der Waals surface area contributed by atoms with Crippen LogP contribution in [0.1, 0.15) is 29.3 Å². The lowest BCUT2D eigenvalue weighted by atomic mass is 9.98. The van der Waals surface area contributed by atoms with E-state index in [2.05, 4.69) is 14.7 Å². The van der Waals surface area contributed by atoms with E-state index >= 15 is 4.39 Å². The maximum absolute atomic E-state index is 15.6. The lowest BCUT2D eigenvalue weighted by molar-refractivity contribution is -0.303. The Morgan fingerprint density at radius 2 is 1.74 bits per heavy atom. The molecule has 0 radical (unpaired) electrons. The van der Waals surface area contributed by atoms with Gasteiger partial charge in [0.1, 0.15) is 11.6 Å². The number of carbonyl (C=O) groups excluding carboxylic acids is 1. The second kappa shape index (κ2) is 12.6. The van der Waals surface area contributed by atoms with Crippen LogP contribution in [-0.2, 0) is 13.1 Å². The van der Waals surface area contributed by atoms with Crippen LogP contribution < -0.4 is 25.8 Å². The van der Waals surface area contributed by atoms with Gasteiger partial charge in [-0.1, -0.05) is 43.3 Å². The third-order valence-electron chi connectivity index (χ3n) is 6.68. The van der Waals surface area contributed by atoms with Crippen molar-refractivity contribution in [2.45, 2.75) is 26.4 Å². The Hall–Kier alpha value is -5.52. The number of Topliss-reactive ketones (excluding diaryl/α,β-unsaturated/α-hetero) is 1. The van der Waals surface area contributed by atoms with Crippen molar-refractivity contribution in [3.05, 3.63) is 111 Å². The highest BCUT2D eigenvalue weighted by atomic mass is 19.1. The summed E-state index contributed by atoms with van der Waals surface area (Å²) in [7, 11) is 1.50. The summed E-state index contributed by atoms with van der Waals surface area (Å²) in [4.78, 5) is 43.1. The van der Waals surface area contributed by atoms with Gasteiger partial charge in [0.2, 0.25) is 5.88 Å². The third-order valence-corrected chi connectivity index (χ3v) is 6.68. The van der Waals surface area contributed by atoms with Crippen LogP contribution in [0.5, 0.6) is 17.7 Å². The number of hydrogen-bond donors (Lipinski definition) is 0. The molecule has 0 spiro atoms. The van der Waals surface area contributed by atoms with Crippen molar-refractivity contribution >= 4 is 5.78 Å². The minimum Gasteiger partial charge on any atom is -0.528 e. The van der Waals surface area contributed by atoms with Crippen LogP contribution in [0.2, 0.25) is 0 Å². The highest BCUT2D eigenvalue weighted by Crippen LogP contribution is 2.32. The van der Waals surface area contributed by atoms with E-state index in [-0.39, 0.29) is 30.4 Å². The number of rotatable bonds is 11. The Kier molecular flexibility index (Phi) is 8.46. The summed E-state index contributed by atoms with van der Waals surface area (Å²) in [5.41, 5.74) is 0.393. The van der Waals surface area contributed by atoms with Gasteiger partial charge in [-0.25, -0.2) is 14.2 Å². The lowest BCUT2D eigenvalue weighted by Gasteiger charge is -2.16. The van der Waals surface area contributed by atoms with Crippen LogP contribution in [0.3, 0.4) is 0 Å². The highest BCUT2D eigenvalue weighted by Gasteiger charge is 2.19. The largest absolute Gasteiger partial charge is 0.528 e. The van der Waals surface area contributed by atoms with Crippen molar-refractivity contribution in [1.82, 2.24) is 19.3 Å². The Bertz CT molecular complexity index is 1890. The van der Waals surface area contributed by atoms with Gasteiger partial charge in [-0.2, -0.15) is 5.16 Å². The molecule has 0 aliphatic heterocycles. The first-order valence-corrected chi connectivity index (χ1v) is 13.3. The first-order chi connectivity index (χ1) is 20.8. The summed E-state index contributed by atoms with van der Waals surface area (Å²) >= 11 is 0. The van der Waals surface area contributed by atoms with Crippen LogP contribution in [0.25, 0.3) is 22.5 Å². The molecule has 0 aliphatic rings. The van der Waals surface area contributed by atoms with Crippen molar-refractivity contribution in [3.63, 3.8) is 0 Å². The molecule has 0 saturated carbocycles. The summed E-state index contributed by atoms with van der Waals surface area (Å²) in [6.07, 6.45) is -0.242. The Labute approximate surface area is 244 Å². The fourth-order valence-corrected chi connectivity index (χ4v) is 4.49. The lowest BCUT2D eigenvalue weighted by Crippen LogP contribution is -2.42. The van der Waals surface area contributed by atoms with Gasteiger partial charge in [0, 0.05) is 16.7 Å². The Morgan fingerprint density at radius 3 is 2.40 bits per heavy atom.